The van der Waals surface area contributed by atoms with Crippen molar-refractivity contribution in [3.63, 3.8) is 0 Å². The van der Waals surface area contributed by atoms with Gasteiger partial charge in [0.1, 0.15) is 17.6 Å². The van der Waals surface area contributed by atoms with Crippen LogP contribution in [0.4, 0.5) is 5.82 Å². The Labute approximate surface area is 119 Å². The third-order valence-corrected chi connectivity index (χ3v) is 3.05. The summed E-state index contributed by atoms with van der Waals surface area (Å²) >= 11 is 5.88. The number of nitrogens with one attached hydrogen (secondary N) is 1. The van der Waals surface area contributed by atoms with E-state index in [0.717, 1.165) is 11.1 Å². The number of hydrogen-bond donors (Lipinski definition) is 2. The average Bonchev–Trinajstić information content (AvgIpc) is 2.87. The maximum absolute atomic E-state index is 5.88. The topological polar surface area (TPSA) is 103 Å². The quantitative estimate of drug-likeness (QED) is 0.714. The number of aromatic nitrogens is 5. The van der Waals surface area contributed by atoms with Crippen LogP contribution in [-0.4, -0.2) is 25.4 Å². The fourth-order valence-electron chi connectivity index (χ4n) is 1.78. The number of halogens is 1. The summed E-state index contributed by atoms with van der Waals surface area (Å²) < 4.78 is 5.75. The molecule has 8 heteroatoms. The van der Waals surface area contributed by atoms with E-state index in [2.05, 4.69) is 25.4 Å². The molecule has 3 aromatic heterocycles. The fraction of sp³-hybridized carbons (Fsp3) is 0.167. The zero-order valence-corrected chi connectivity index (χ0v) is 11.3. The molecule has 0 atom stereocenters. The summed E-state index contributed by atoms with van der Waals surface area (Å²) in [6.07, 6.45) is 1.70. The summed E-state index contributed by atoms with van der Waals surface area (Å²) in [5.74, 6) is 0.847. The molecule has 3 rings (SSSR count). The minimum Gasteiger partial charge on any atom is -0.486 e. The van der Waals surface area contributed by atoms with Crippen molar-refractivity contribution >= 4 is 28.6 Å². The summed E-state index contributed by atoms with van der Waals surface area (Å²) in [5, 5.41) is 10.8. The summed E-state index contributed by atoms with van der Waals surface area (Å²) in [7, 11) is 0. The van der Waals surface area contributed by atoms with Crippen molar-refractivity contribution in [2.45, 2.75) is 13.5 Å². The fourth-order valence-corrected chi connectivity index (χ4v) is 1.96. The van der Waals surface area contributed by atoms with E-state index in [1.165, 1.54) is 0 Å². The molecule has 0 unspecified atom stereocenters. The highest BCUT2D eigenvalue weighted by Gasteiger charge is 2.10. The van der Waals surface area contributed by atoms with Gasteiger partial charge in [-0.2, -0.15) is 10.3 Å². The molecule has 3 N–H and O–H groups in total. The second-order valence-corrected chi connectivity index (χ2v) is 4.65. The van der Waals surface area contributed by atoms with Crippen LogP contribution in [0.25, 0.3) is 11.2 Å². The van der Waals surface area contributed by atoms with Gasteiger partial charge in [-0.25, -0.2) is 9.97 Å². The number of pyridine rings is 2. The Morgan fingerprint density at radius 3 is 3.05 bits per heavy atom. The standard InChI is InChI=1S/C12H11ClN6O/c1-6-4-15-9(13)2-7(6)5-20-8-3-10(14)16-12-11(8)17-19-18-12/h2-4H,5H2,1H3,(H3,14,16,17,18,19). The lowest BCUT2D eigenvalue weighted by Crippen LogP contribution is -2.01. The molecule has 3 heterocycles. The van der Waals surface area contributed by atoms with Crippen LogP contribution in [-0.2, 0) is 6.61 Å². The number of ether oxygens (including phenoxy) is 1. The van der Waals surface area contributed by atoms with E-state index in [-0.39, 0.29) is 0 Å². The Morgan fingerprint density at radius 1 is 1.35 bits per heavy atom. The number of aromatic amines is 1. The van der Waals surface area contributed by atoms with E-state index in [4.69, 9.17) is 22.1 Å². The summed E-state index contributed by atoms with van der Waals surface area (Å²) in [6, 6.07) is 3.38. The molecule has 0 aliphatic heterocycles. The molecule has 0 saturated carbocycles. The van der Waals surface area contributed by atoms with E-state index in [9.17, 15) is 0 Å². The molecule has 102 valence electrons. The molecule has 0 amide bonds. The van der Waals surface area contributed by atoms with Gasteiger partial charge in [0.15, 0.2) is 11.3 Å². The molecular weight excluding hydrogens is 280 g/mol. The van der Waals surface area contributed by atoms with Gasteiger partial charge < -0.3 is 10.5 Å². The number of H-pyrrole nitrogens is 1. The van der Waals surface area contributed by atoms with Gasteiger partial charge >= 0.3 is 0 Å². The lowest BCUT2D eigenvalue weighted by atomic mass is 10.2. The van der Waals surface area contributed by atoms with Crippen LogP contribution in [0.2, 0.25) is 5.15 Å². The van der Waals surface area contributed by atoms with Gasteiger partial charge in [0.2, 0.25) is 5.65 Å². The number of nitrogens with two attached hydrogens (primary N) is 1. The lowest BCUT2D eigenvalue weighted by molar-refractivity contribution is 0.308. The van der Waals surface area contributed by atoms with Crippen molar-refractivity contribution in [2.75, 3.05) is 5.73 Å². The highest BCUT2D eigenvalue weighted by Crippen LogP contribution is 2.24. The lowest BCUT2D eigenvalue weighted by Gasteiger charge is -2.09. The highest BCUT2D eigenvalue weighted by molar-refractivity contribution is 6.29. The maximum atomic E-state index is 5.88. The first kappa shape index (κ1) is 12.6. The monoisotopic (exact) mass is 290 g/mol. The summed E-state index contributed by atoms with van der Waals surface area (Å²) in [5.41, 5.74) is 8.60. The Kier molecular flexibility index (Phi) is 3.11. The smallest absolute Gasteiger partial charge is 0.207 e. The summed E-state index contributed by atoms with van der Waals surface area (Å²) in [4.78, 5) is 8.05. The minimum absolute atomic E-state index is 0.325. The predicted molar refractivity (Wildman–Crippen MR) is 74.4 cm³/mol. The van der Waals surface area contributed by atoms with Crippen LogP contribution in [0.5, 0.6) is 5.75 Å². The van der Waals surface area contributed by atoms with Gasteiger partial charge in [-0.3, -0.25) is 0 Å². The SMILES string of the molecule is Cc1cnc(Cl)cc1COc1cc(N)nc2n[nH]nc12. The molecule has 3 aromatic rings. The number of fused-ring (bicyclic) bond motifs is 1. The third-order valence-electron chi connectivity index (χ3n) is 2.84. The zero-order chi connectivity index (χ0) is 14.1. The highest BCUT2D eigenvalue weighted by atomic mass is 35.5. The van der Waals surface area contributed by atoms with Crippen LogP contribution in [0, 0.1) is 6.92 Å². The average molecular weight is 291 g/mol. The van der Waals surface area contributed by atoms with E-state index >= 15 is 0 Å². The maximum Gasteiger partial charge on any atom is 0.207 e. The van der Waals surface area contributed by atoms with E-state index < -0.39 is 0 Å². The molecule has 0 aromatic carbocycles. The van der Waals surface area contributed by atoms with Crippen molar-refractivity contribution in [1.29, 1.82) is 0 Å². The van der Waals surface area contributed by atoms with Gasteiger partial charge in [0.25, 0.3) is 0 Å². The Bertz CT molecular complexity index is 772. The summed E-state index contributed by atoms with van der Waals surface area (Å²) in [6.45, 7) is 2.27. The molecule has 0 fully saturated rings. The molecule has 20 heavy (non-hydrogen) atoms. The Hall–Kier alpha value is -2.41. The normalized spacial score (nSPS) is 10.9. The molecule has 7 nitrogen and oxygen atoms in total. The van der Waals surface area contributed by atoms with Crippen molar-refractivity contribution < 1.29 is 4.74 Å². The molecule has 0 radical (unpaired) electrons. The van der Waals surface area contributed by atoms with Crippen LogP contribution >= 0.6 is 11.6 Å². The van der Waals surface area contributed by atoms with Crippen LogP contribution in [0.1, 0.15) is 11.1 Å². The largest absolute Gasteiger partial charge is 0.486 e. The molecular formula is C12H11ClN6O. The Morgan fingerprint density at radius 2 is 2.20 bits per heavy atom. The van der Waals surface area contributed by atoms with Crippen molar-refractivity contribution in [1.82, 2.24) is 25.4 Å². The first-order chi connectivity index (χ1) is 9.63. The van der Waals surface area contributed by atoms with Gasteiger partial charge in [-0.1, -0.05) is 11.6 Å². The second kappa shape index (κ2) is 4.93. The zero-order valence-electron chi connectivity index (χ0n) is 10.6. The molecule has 0 aliphatic carbocycles. The first-order valence-corrected chi connectivity index (χ1v) is 6.22. The van der Waals surface area contributed by atoms with E-state index in [0.29, 0.717) is 34.5 Å². The second-order valence-electron chi connectivity index (χ2n) is 4.26. The van der Waals surface area contributed by atoms with Crippen LogP contribution in [0.15, 0.2) is 18.3 Å². The Balaban J connectivity index is 1.90. The predicted octanol–water partition coefficient (Wildman–Crippen LogP) is 1.87. The number of aryl methyl sites for hydroxylation is 1. The van der Waals surface area contributed by atoms with Gasteiger partial charge in [-0.05, 0) is 24.1 Å². The van der Waals surface area contributed by atoms with Gasteiger partial charge in [0.05, 0.1) is 0 Å². The number of rotatable bonds is 3. The van der Waals surface area contributed by atoms with Crippen LogP contribution < -0.4 is 10.5 Å². The number of hydrogen-bond acceptors (Lipinski definition) is 6. The molecule has 0 aliphatic rings. The first-order valence-electron chi connectivity index (χ1n) is 5.84. The van der Waals surface area contributed by atoms with Crippen LogP contribution in [0.3, 0.4) is 0 Å². The third kappa shape index (κ3) is 2.35. The van der Waals surface area contributed by atoms with E-state index in [1.54, 1.807) is 18.3 Å². The molecule has 0 spiro atoms. The van der Waals surface area contributed by atoms with Crippen molar-refractivity contribution in [2.24, 2.45) is 0 Å². The number of nitrogen functional groups attached to an aromatic ring is 1. The molecule has 0 saturated heterocycles. The van der Waals surface area contributed by atoms with Gasteiger partial charge in [-0.15, -0.1) is 5.10 Å². The van der Waals surface area contributed by atoms with Crippen molar-refractivity contribution in [3.05, 3.63) is 34.6 Å². The molecule has 0 bridgehead atoms. The van der Waals surface area contributed by atoms with E-state index in [1.807, 2.05) is 6.92 Å². The minimum atomic E-state index is 0.325. The van der Waals surface area contributed by atoms with Crippen molar-refractivity contribution in [3.8, 4) is 5.75 Å². The van der Waals surface area contributed by atoms with Gasteiger partial charge in [0, 0.05) is 12.3 Å². The number of nitrogens with zero attached hydrogens (tertiary/aromatic N) is 4. The number of anilines is 1.